The van der Waals surface area contributed by atoms with Gasteiger partial charge in [0, 0.05) is 0 Å². The molecular formula is C11H6ClF3N4O. The van der Waals surface area contributed by atoms with E-state index in [4.69, 9.17) is 21.6 Å². The Morgan fingerprint density at radius 3 is 2.60 bits per heavy atom. The molecule has 0 aliphatic carbocycles. The number of nitriles is 1. The zero-order valence-corrected chi connectivity index (χ0v) is 10.7. The van der Waals surface area contributed by atoms with Crippen LogP contribution >= 0.6 is 11.6 Å². The standard InChI is InChI=1S/C11H6ClF3N4O/c1-20-9-3-2-6(4-7(9)12)19-10(11(13,14)15)8(5-16)17-18-19/h2-4H,1H3. The van der Waals surface area contributed by atoms with Crippen LogP contribution in [0.2, 0.25) is 5.02 Å². The second-order valence-electron chi connectivity index (χ2n) is 3.63. The summed E-state index contributed by atoms with van der Waals surface area (Å²) in [6.07, 6.45) is -4.76. The van der Waals surface area contributed by atoms with Crippen molar-refractivity contribution in [2.75, 3.05) is 7.11 Å². The van der Waals surface area contributed by atoms with Crippen LogP contribution < -0.4 is 4.74 Å². The first kappa shape index (κ1) is 14.1. The maximum Gasteiger partial charge on any atom is 0.436 e. The first-order valence-corrected chi connectivity index (χ1v) is 5.53. The van der Waals surface area contributed by atoms with Gasteiger partial charge in [-0.15, -0.1) is 5.10 Å². The fraction of sp³-hybridized carbons (Fsp3) is 0.182. The van der Waals surface area contributed by atoms with Crippen molar-refractivity contribution in [3.05, 3.63) is 34.6 Å². The van der Waals surface area contributed by atoms with Gasteiger partial charge in [0.05, 0.1) is 17.8 Å². The highest BCUT2D eigenvalue weighted by Crippen LogP contribution is 2.34. The summed E-state index contributed by atoms with van der Waals surface area (Å²) in [4.78, 5) is 0. The number of rotatable bonds is 2. The average Bonchev–Trinajstić information content (AvgIpc) is 2.82. The Bertz CT molecular complexity index is 690. The smallest absolute Gasteiger partial charge is 0.436 e. The molecule has 2 rings (SSSR count). The van der Waals surface area contributed by atoms with Gasteiger partial charge >= 0.3 is 6.18 Å². The minimum atomic E-state index is -4.76. The summed E-state index contributed by atoms with van der Waals surface area (Å²) < 4.78 is 44.3. The van der Waals surface area contributed by atoms with E-state index in [-0.39, 0.29) is 10.7 Å². The van der Waals surface area contributed by atoms with Gasteiger partial charge in [-0.1, -0.05) is 16.8 Å². The molecule has 104 valence electrons. The van der Waals surface area contributed by atoms with E-state index in [1.165, 1.54) is 31.4 Å². The maximum atomic E-state index is 13.0. The van der Waals surface area contributed by atoms with Crippen LogP contribution in [0.25, 0.3) is 5.69 Å². The number of aromatic nitrogens is 3. The molecule has 1 heterocycles. The van der Waals surface area contributed by atoms with Crippen LogP contribution in [-0.2, 0) is 6.18 Å². The summed E-state index contributed by atoms with van der Waals surface area (Å²) >= 11 is 5.85. The predicted octanol–water partition coefficient (Wildman–Crippen LogP) is 2.82. The number of hydrogen-bond donors (Lipinski definition) is 0. The zero-order chi connectivity index (χ0) is 14.9. The molecule has 0 aliphatic heterocycles. The van der Waals surface area contributed by atoms with Gasteiger partial charge in [-0.05, 0) is 18.2 Å². The third kappa shape index (κ3) is 2.40. The number of alkyl halides is 3. The number of nitrogens with zero attached hydrogens (tertiary/aromatic N) is 4. The van der Waals surface area contributed by atoms with Crippen LogP contribution in [0.15, 0.2) is 18.2 Å². The first-order valence-electron chi connectivity index (χ1n) is 5.15. The van der Waals surface area contributed by atoms with E-state index in [9.17, 15) is 13.2 Å². The molecule has 0 bridgehead atoms. The molecule has 2 aromatic rings. The Labute approximate surface area is 116 Å². The van der Waals surface area contributed by atoms with E-state index in [0.717, 1.165) is 0 Å². The predicted molar refractivity (Wildman–Crippen MR) is 62.6 cm³/mol. The molecule has 0 radical (unpaired) electrons. The van der Waals surface area contributed by atoms with Gasteiger partial charge in [0.25, 0.3) is 0 Å². The summed E-state index contributed by atoms with van der Waals surface area (Å²) in [6.45, 7) is 0. The average molecular weight is 303 g/mol. The van der Waals surface area contributed by atoms with Gasteiger partial charge in [0.15, 0.2) is 11.4 Å². The molecule has 0 unspecified atom stereocenters. The van der Waals surface area contributed by atoms with Crippen molar-refractivity contribution in [3.63, 3.8) is 0 Å². The number of benzene rings is 1. The second-order valence-corrected chi connectivity index (χ2v) is 4.03. The van der Waals surface area contributed by atoms with Gasteiger partial charge in [-0.3, -0.25) is 0 Å². The Hall–Kier alpha value is -2.27. The molecule has 0 fully saturated rings. The van der Waals surface area contributed by atoms with E-state index >= 15 is 0 Å². The molecule has 0 saturated carbocycles. The summed E-state index contributed by atoms with van der Waals surface area (Å²) in [5.74, 6) is 0.310. The van der Waals surface area contributed by atoms with Crippen LogP contribution in [0.5, 0.6) is 5.75 Å². The third-order valence-electron chi connectivity index (χ3n) is 2.42. The molecule has 0 saturated heterocycles. The molecule has 0 aliphatic rings. The Morgan fingerprint density at radius 1 is 1.40 bits per heavy atom. The van der Waals surface area contributed by atoms with E-state index in [1.54, 1.807) is 0 Å². The molecule has 0 spiro atoms. The van der Waals surface area contributed by atoms with Gasteiger partial charge in [0.2, 0.25) is 0 Å². The van der Waals surface area contributed by atoms with Crippen molar-refractivity contribution in [2.45, 2.75) is 6.18 Å². The van der Waals surface area contributed by atoms with Crippen LogP contribution in [-0.4, -0.2) is 22.1 Å². The lowest BCUT2D eigenvalue weighted by molar-refractivity contribution is -0.143. The minimum Gasteiger partial charge on any atom is -0.495 e. The Morgan fingerprint density at radius 2 is 2.10 bits per heavy atom. The van der Waals surface area contributed by atoms with Crippen LogP contribution in [0, 0.1) is 11.3 Å². The lowest BCUT2D eigenvalue weighted by Crippen LogP contribution is -2.14. The highest BCUT2D eigenvalue weighted by molar-refractivity contribution is 6.32. The van der Waals surface area contributed by atoms with Crippen molar-refractivity contribution >= 4 is 11.6 Å². The highest BCUT2D eigenvalue weighted by atomic mass is 35.5. The normalized spacial score (nSPS) is 11.2. The van der Waals surface area contributed by atoms with Crippen molar-refractivity contribution in [2.24, 2.45) is 0 Å². The van der Waals surface area contributed by atoms with E-state index in [0.29, 0.717) is 10.4 Å². The van der Waals surface area contributed by atoms with Crippen LogP contribution in [0.3, 0.4) is 0 Å². The van der Waals surface area contributed by atoms with Crippen molar-refractivity contribution in [1.29, 1.82) is 5.26 Å². The fourth-order valence-electron chi connectivity index (χ4n) is 1.58. The highest BCUT2D eigenvalue weighted by Gasteiger charge is 2.40. The van der Waals surface area contributed by atoms with Gasteiger partial charge in [0.1, 0.15) is 11.8 Å². The number of hydrogen-bond acceptors (Lipinski definition) is 4. The molecular weight excluding hydrogens is 297 g/mol. The number of halogens is 4. The zero-order valence-electron chi connectivity index (χ0n) is 9.94. The Kier molecular flexibility index (Phi) is 3.55. The fourth-order valence-corrected chi connectivity index (χ4v) is 1.83. The maximum absolute atomic E-state index is 13.0. The number of ether oxygens (including phenoxy) is 1. The van der Waals surface area contributed by atoms with Gasteiger partial charge < -0.3 is 4.74 Å². The molecule has 0 amide bonds. The monoisotopic (exact) mass is 302 g/mol. The van der Waals surface area contributed by atoms with Gasteiger partial charge in [-0.2, -0.15) is 18.4 Å². The van der Waals surface area contributed by atoms with E-state index in [2.05, 4.69) is 10.3 Å². The number of methoxy groups -OCH3 is 1. The summed E-state index contributed by atoms with van der Waals surface area (Å²) in [6, 6.07) is 5.32. The minimum absolute atomic E-state index is 0.0251. The SMILES string of the molecule is COc1ccc(-n2nnc(C#N)c2C(F)(F)F)cc1Cl. The summed E-state index contributed by atoms with van der Waals surface area (Å²) in [5, 5.41) is 15.3. The molecule has 1 aromatic heterocycles. The quantitative estimate of drug-likeness (QED) is 0.855. The van der Waals surface area contributed by atoms with Crippen LogP contribution in [0.4, 0.5) is 13.2 Å². The lowest BCUT2D eigenvalue weighted by Gasteiger charge is -2.10. The first-order chi connectivity index (χ1) is 9.38. The topological polar surface area (TPSA) is 63.7 Å². The van der Waals surface area contributed by atoms with Crippen molar-refractivity contribution in [3.8, 4) is 17.5 Å². The van der Waals surface area contributed by atoms with Crippen molar-refractivity contribution < 1.29 is 17.9 Å². The summed E-state index contributed by atoms with van der Waals surface area (Å²) in [5.41, 5.74) is -2.03. The molecule has 1 aromatic carbocycles. The molecule has 9 heteroatoms. The van der Waals surface area contributed by atoms with E-state index in [1.807, 2.05) is 0 Å². The van der Waals surface area contributed by atoms with E-state index < -0.39 is 17.6 Å². The largest absolute Gasteiger partial charge is 0.495 e. The van der Waals surface area contributed by atoms with Crippen molar-refractivity contribution in [1.82, 2.24) is 15.0 Å². The van der Waals surface area contributed by atoms with Gasteiger partial charge in [-0.25, -0.2) is 4.68 Å². The third-order valence-corrected chi connectivity index (χ3v) is 2.72. The lowest BCUT2D eigenvalue weighted by atomic mass is 10.2. The second kappa shape index (κ2) is 5.02. The molecule has 0 N–H and O–H groups in total. The summed E-state index contributed by atoms with van der Waals surface area (Å²) in [7, 11) is 1.38. The Balaban J connectivity index is 2.62. The molecule has 5 nitrogen and oxygen atoms in total. The molecule has 0 atom stereocenters. The van der Waals surface area contributed by atoms with Crippen LogP contribution in [0.1, 0.15) is 11.4 Å². The molecule has 20 heavy (non-hydrogen) atoms.